The number of benzene rings is 1. The van der Waals surface area contributed by atoms with Crippen molar-refractivity contribution in [2.75, 3.05) is 18.0 Å². The van der Waals surface area contributed by atoms with E-state index in [1.807, 2.05) is 24.3 Å². The van der Waals surface area contributed by atoms with Crippen molar-refractivity contribution in [1.29, 1.82) is 0 Å². The highest BCUT2D eigenvalue weighted by Crippen LogP contribution is 2.31. The second-order valence-corrected chi connectivity index (χ2v) is 8.08. The zero-order valence-electron chi connectivity index (χ0n) is 12.6. The van der Waals surface area contributed by atoms with Gasteiger partial charge >= 0.3 is 5.13 Å². The van der Waals surface area contributed by atoms with Crippen LogP contribution in [0.5, 0.6) is 0 Å². The van der Waals surface area contributed by atoms with E-state index in [-0.39, 0.29) is 22.8 Å². The lowest BCUT2D eigenvalue weighted by atomic mass is 10.1. The van der Waals surface area contributed by atoms with Gasteiger partial charge < -0.3 is 17.0 Å². The van der Waals surface area contributed by atoms with Crippen LogP contribution < -0.4 is 26.4 Å². The number of rotatable bonds is 4. The highest BCUT2D eigenvalue weighted by atomic mass is 79.9. The van der Waals surface area contributed by atoms with Crippen LogP contribution in [0.25, 0.3) is 10.6 Å². The minimum Gasteiger partial charge on any atom is -1.00 e. The molecule has 0 N–H and O–H groups in total. The second kappa shape index (κ2) is 7.47. The molecule has 0 unspecified atom stereocenters. The predicted octanol–water partition coefficient (Wildman–Crippen LogP) is 1.23. The molecule has 0 saturated heterocycles. The van der Waals surface area contributed by atoms with Gasteiger partial charge in [0, 0.05) is 15.4 Å². The SMILES string of the molecule is O=C(CN1CC[n+]2c(-c3cccs3)csc21)c1ccc(Br)cc1.[Br-]. The van der Waals surface area contributed by atoms with Gasteiger partial charge in [0.1, 0.15) is 19.6 Å². The van der Waals surface area contributed by atoms with Crippen molar-refractivity contribution in [3.8, 4) is 10.6 Å². The third-order valence-corrected chi connectivity index (χ3v) is 6.39. The molecule has 24 heavy (non-hydrogen) atoms. The number of Topliss-reactive ketones (excluding diaryl/α,β-unsaturated/α-hetero) is 1. The maximum Gasteiger partial charge on any atom is 0.337 e. The first-order valence-corrected chi connectivity index (χ1v) is 9.86. The number of hydrogen-bond donors (Lipinski definition) is 0. The average molecular weight is 486 g/mol. The van der Waals surface area contributed by atoms with Gasteiger partial charge in [-0.2, -0.15) is 0 Å². The molecule has 3 heterocycles. The number of fused-ring (bicyclic) bond motifs is 1. The number of halogens is 2. The lowest BCUT2D eigenvalue weighted by Gasteiger charge is -2.07. The summed E-state index contributed by atoms with van der Waals surface area (Å²) < 4.78 is 3.32. The summed E-state index contributed by atoms with van der Waals surface area (Å²) in [6.07, 6.45) is 0. The van der Waals surface area contributed by atoms with Crippen LogP contribution in [0.3, 0.4) is 0 Å². The van der Waals surface area contributed by atoms with Crippen LogP contribution in [0.1, 0.15) is 10.4 Å². The molecule has 0 aliphatic carbocycles. The van der Waals surface area contributed by atoms with Crippen molar-refractivity contribution in [2.45, 2.75) is 6.54 Å². The van der Waals surface area contributed by atoms with Crippen LogP contribution in [-0.2, 0) is 6.54 Å². The monoisotopic (exact) mass is 484 g/mol. The lowest BCUT2D eigenvalue weighted by Crippen LogP contribution is -3.00. The molecule has 1 aromatic carbocycles. The van der Waals surface area contributed by atoms with Crippen molar-refractivity contribution in [1.82, 2.24) is 0 Å². The Balaban J connectivity index is 0.00000169. The van der Waals surface area contributed by atoms with Gasteiger partial charge in [-0.25, -0.2) is 9.47 Å². The van der Waals surface area contributed by atoms with Gasteiger partial charge in [-0.05, 0) is 23.6 Å². The van der Waals surface area contributed by atoms with Crippen LogP contribution in [-0.4, -0.2) is 18.9 Å². The van der Waals surface area contributed by atoms with Crippen LogP contribution in [0, 0.1) is 0 Å². The van der Waals surface area contributed by atoms with E-state index in [1.54, 1.807) is 22.7 Å². The minimum absolute atomic E-state index is 0. The molecule has 3 aromatic rings. The first kappa shape index (κ1) is 17.8. The number of carbonyl (C=O) groups is 1. The molecular weight excluding hydrogens is 472 g/mol. The van der Waals surface area contributed by atoms with Crippen LogP contribution >= 0.6 is 38.6 Å². The Labute approximate surface area is 167 Å². The van der Waals surface area contributed by atoms with Gasteiger partial charge in [0.05, 0.1) is 4.88 Å². The Morgan fingerprint density at radius 1 is 1.21 bits per heavy atom. The van der Waals surface area contributed by atoms with Crippen molar-refractivity contribution in [2.24, 2.45) is 0 Å². The summed E-state index contributed by atoms with van der Waals surface area (Å²) in [4.78, 5) is 16.0. The molecule has 0 bridgehead atoms. The summed E-state index contributed by atoms with van der Waals surface area (Å²) in [6.45, 7) is 2.28. The van der Waals surface area contributed by atoms with E-state index >= 15 is 0 Å². The Kier molecular flexibility index (Phi) is 5.54. The largest absolute Gasteiger partial charge is 1.00 e. The van der Waals surface area contributed by atoms with Gasteiger partial charge in [0.25, 0.3) is 0 Å². The third kappa shape index (κ3) is 3.35. The van der Waals surface area contributed by atoms with Crippen molar-refractivity contribution >= 4 is 49.5 Å². The molecule has 124 valence electrons. The smallest absolute Gasteiger partial charge is 0.337 e. The average Bonchev–Trinajstić information content (AvgIpc) is 3.26. The highest BCUT2D eigenvalue weighted by Gasteiger charge is 2.34. The van der Waals surface area contributed by atoms with E-state index in [4.69, 9.17) is 0 Å². The Bertz CT molecular complexity index is 844. The zero-order valence-corrected chi connectivity index (χ0v) is 17.4. The molecule has 1 aliphatic rings. The maximum atomic E-state index is 12.5. The van der Waals surface area contributed by atoms with E-state index in [9.17, 15) is 4.79 Å². The van der Waals surface area contributed by atoms with Crippen molar-refractivity contribution in [3.63, 3.8) is 0 Å². The fraction of sp³-hybridized carbons (Fsp3) is 0.176. The molecule has 1 aliphatic heterocycles. The van der Waals surface area contributed by atoms with Crippen molar-refractivity contribution in [3.05, 3.63) is 57.2 Å². The van der Waals surface area contributed by atoms with Crippen LogP contribution in [0.2, 0.25) is 0 Å². The summed E-state index contributed by atoms with van der Waals surface area (Å²) in [6, 6.07) is 11.8. The van der Waals surface area contributed by atoms with Crippen LogP contribution in [0.4, 0.5) is 5.13 Å². The summed E-state index contributed by atoms with van der Waals surface area (Å²) in [5.41, 5.74) is 2.03. The van der Waals surface area contributed by atoms with Gasteiger partial charge in [-0.15, -0.1) is 11.3 Å². The van der Waals surface area contributed by atoms with Gasteiger partial charge in [0.15, 0.2) is 5.69 Å². The Morgan fingerprint density at radius 2 is 2.00 bits per heavy atom. The van der Waals surface area contributed by atoms with E-state index < -0.39 is 0 Å². The molecule has 4 rings (SSSR count). The standard InChI is InChI=1S/C17H14BrN2OS2.BrH/c18-13-5-3-12(4-6-13)15(21)10-19-7-8-20-14(11-23-17(19)20)16-2-1-9-22-16;/h1-6,9,11H,7-8,10H2;1H/q+1;/p-1. The number of aromatic nitrogens is 1. The maximum absolute atomic E-state index is 12.5. The summed E-state index contributed by atoms with van der Waals surface area (Å²) in [7, 11) is 0. The van der Waals surface area contributed by atoms with Gasteiger partial charge in [-0.3, -0.25) is 4.79 Å². The molecule has 0 saturated carbocycles. The summed E-state index contributed by atoms with van der Waals surface area (Å²) >= 11 is 6.88. The number of carbonyl (C=O) groups excluding carboxylic acids is 1. The Hall–Kier alpha value is -1.02. The molecule has 0 fully saturated rings. The van der Waals surface area contributed by atoms with E-state index in [0.29, 0.717) is 6.54 Å². The van der Waals surface area contributed by atoms with Crippen molar-refractivity contribution < 1.29 is 26.3 Å². The second-order valence-electron chi connectivity index (χ2n) is 5.38. The normalized spacial score (nSPS) is 12.8. The first-order chi connectivity index (χ1) is 11.2. The zero-order chi connectivity index (χ0) is 15.8. The quantitative estimate of drug-likeness (QED) is 0.410. The van der Waals surface area contributed by atoms with E-state index in [2.05, 4.69) is 48.3 Å². The number of nitrogens with zero attached hydrogens (tertiary/aromatic N) is 2. The van der Waals surface area contributed by atoms with Crippen LogP contribution in [0.15, 0.2) is 51.6 Å². The Morgan fingerprint density at radius 3 is 2.71 bits per heavy atom. The summed E-state index contributed by atoms with van der Waals surface area (Å²) in [5, 5.41) is 5.47. The molecule has 2 aromatic heterocycles. The molecule has 3 nitrogen and oxygen atoms in total. The number of anilines is 1. The number of ketones is 1. The van der Waals surface area contributed by atoms with E-state index in [1.165, 1.54) is 15.7 Å². The first-order valence-electron chi connectivity index (χ1n) is 7.31. The van der Waals surface area contributed by atoms with Gasteiger partial charge in [-0.1, -0.05) is 45.5 Å². The molecule has 0 spiro atoms. The minimum atomic E-state index is 0. The topological polar surface area (TPSA) is 24.2 Å². The molecule has 0 radical (unpaired) electrons. The van der Waals surface area contributed by atoms with E-state index in [0.717, 1.165) is 23.1 Å². The van der Waals surface area contributed by atoms with Gasteiger partial charge in [0.2, 0.25) is 5.78 Å². The summed E-state index contributed by atoms with van der Waals surface area (Å²) in [5.74, 6) is 0.164. The number of thiazole rings is 1. The molecular formula is C17H14Br2N2OS2. The third-order valence-electron chi connectivity index (χ3n) is 3.94. The highest BCUT2D eigenvalue weighted by molar-refractivity contribution is 9.10. The molecule has 7 heteroatoms. The fourth-order valence-corrected chi connectivity index (χ4v) is 4.96. The number of hydrogen-bond acceptors (Lipinski definition) is 4. The fourth-order valence-electron chi connectivity index (χ4n) is 2.78. The molecule has 0 atom stereocenters. The predicted molar refractivity (Wildman–Crippen MR) is 98.5 cm³/mol. The molecule has 0 amide bonds. The number of thiophene rings is 1. The lowest BCUT2D eigenvalue weighted by molar-refractivity contribution is -0.655.